The number of benzene rings is 2. The molecular weight excluding hydrogens is 467 g/mol. The maximum absolute atomic E-state index is 14.6. The first-order chi connectivity index (χ1) is 18.1. The Labute approximate surface area is 211 Å². The van der Waals surface area contributed by atoms with Crippen molar-refractivity contribution in [3.63, 3.8) is 0 Å². The molecule has 37 heavy (non-hydrogen) atoms. The first kappa shape index (κ1) is 22.6. The molecule has 0 fully saturated rings. The van der Waals surface area contributed by atoms with Crippen molar-refractivity contribution in [1.82, 2.24) is 25.1 Å². The zero-order valence-electron chi connectivity index (χ0n) is 20.0. The fourth-order valence-corrected chi connectivity index (χ4v) is 4.54. The number of rotatable bonds is 6. The highest BCUT2D eigenvalue weighted by molar-refractivity contribution is 6.00. The minimum absolute atomic E-state index is 0.0458. The summed E-state index contributed by atoms with van der Waals surface area (Å²) in [5.41, 5.74) is 7.25. The van der Waals surface area contributed by atoms with E-state index in [9.17, 15) is 9.18 Å². The van der Waals surface area contributed by atoms with Crippen molar-refractivity contribution in [2.75, 3.05) is 5.32 Å². The van der Waals surface area contributed by atoms with Gasteiger partial charge >= 0.3 is 0 Å². The van der Waals surface area contributed by atoms with Crippen LogP contribution in [-0.4, -0.2) is 31.1 Å². The highest BCUT2D eigenvalue weighted by Crippen LogP contribution is 2.35. The summed E-state index contributed by atoms with van der Waals surface area (Å²) in [6.07, 6.45) is 4.56. The highest BCUT2D eigenvalue weighted by atomic mass is 19.1. The van der Waals surface area contributed by atoms with Crippen molar-refractivity contribution < 1.29 is 9.18 Å². The molecule has 0 saturated heterocycles. The Hall–Kier alpha value is -4.85. The molecule has 2 aromatic carbocycles. The summed E-state index contributed by atoms with van der Waals surface area (Å²) >= 11 is 0. The molecule has 6 rings (SSSR count). The van der Waals surface area contributed by atoms with Gasteiger partial charge in [0, 0.05) is 34.6 Å². The van der Waals surface area contributed by atoms with E-state index in [0.717, 1.165) is 39.7 Å². The predicted molar refractivity (Wildman–Crippen MR) is 143 cm³/mol. The van der Waals surface area contributed by atoms with E-state index in [2.05, 4.69) is 25.5 Å². The van der Waals surface area contributed by atoms with Crippen LogP contribution in [0.3, 0.4) is 0 Å². The number of hydrogen-bond donors (Lipinski definition) is 3. The summed E-state index contributed by atoms with van der Waals surface area (Å²) in [4.78, 5) is 24.6. The number of carbonyl (C=O) groups is 1. The van der Waals surface area contributed by atoms with E-state index >= 15 is 0 Å². The average Bonchev–Trinajstić information content (AvgIpc) is 3.53. The van der Waals surface area contributed by atoms with Crippen LogP contribution in [0.15, 0.2) is 79.1 Å². The van der Waals surface area contributed by atoms with E-state index < -0.39 is 0 Å². The molecule has 0 atom stereocenters. The summed E-state index contributed by atoms with van der Waals surface area (Å²) in [5.74, 6) is -0.313. The van der Waals surface area contributed by atoms with E-state index in [1.165, 1.54) is 6.07 Å². The van der Waals surface area contributed by atoms with E-state index in [4.69, 9.17) is 4.98 Å². The number of pyridine rings is 2. The van der Waals surface area contributed by atoms with Crippen LogP contribution in [0.4, 0.5) is 10.1 Å². The molecule has 0 unspecified atom stereocenters. The lowest BCUT2D eigenvalue weighted by Crippen LogP contribution is -2.10. The molecule has 182 valence electrons. The third kappa shape index (κ3) is 4.23. The van der Waals surface area contributed by atoms with Crippen molar-refractivity contribution in [2.24, 2.45) is 0 Å². The van der Waals surface area contributed by atoms with E-state index in [1.807, 2.05) is 55.5 Å². The largest absolute Gasteiger partial charge is 0.353 e. The molecule has 4 aromatic heterocycles. The summed E-state index contributed by atoms with van der Waals surface area (Å²) in [6, 6.07) is 20.2. The third-order valence-corrected chi connectivity index (χ3v) is 6.29. The Balaban J connectivity index is 1.41. The van der Waals surface area contributed by atoms with Crippen molar-refractivity contribution in [3.8, 4) is 33.8 Å². The number of fused-ring (bicyclic) bond motifs is 2. The molecule has 8 heteroatoms. The van der Waals surface area contributed by atoms with Crippen LogP contribution in [0.25, 0.3) is 55.7 Å². The fourth-order valence-electron chi connectivity index (χ4n) is 4.54. The van der Waals surface area contributed by atoms with Crippen molar-refractivity contribution >= 4 is 33.5 Å². The maximum Gasteiger partial charge on any atom is 0.224 e. The van der Waals surface area contributed by atoms with Crippen LogP contribution in [0.2, 0.25) is 0 Å². The molecule has 0 radical (unpaired) electrons. The van der Waals surface area contributed by atoms with Crippen LogP contribution >= 0.6 is 0 Å². The molecule has 0 spiro atoms. The Morgan fingerprint density at radius 1 is 0.973 bits per heavy atom. The normalized spacial score (nSPS) is 11.3. The summed E-state index contributed by atoms with van der Waals surface area (Å²) in [5, 5.41) is 11.4. The van der Waals surface area contributed by atoms with Crippen molar-refractivity contribution in [2.45, 2.75) is 19.8 Å². The summed E-state index contributed by atoms with van der Waals surface area (Å²) in [7, 11) is 0. The molecule has 1 amide bonds. The molecule has 3 N–H and O–H groups in total. The summed E-state index contributed by atoms with van der Waals surface area (Å²) < 4.78 is 14.6. The van der Waals surface area contributed by atoms with Crippen LogP contribution in [-0.2, 0) is 4.79 Å². The van der Waals surface area contributed by atoms with Gasteiger partial charge < -0.3 is 10.3 Å². The SMILES string of the molecule is CCCC(=O)Nc1cncc(-c2ccc3[nH]nc(-c4cc5c(-c6ccccc6F)cccc5[nH]4)c3n2)c1. The maximum atomic E-state index is 14.6. The van der Waals surface area contributed by atoms with Crippen LogP contribution in [0.1, 0.15) is 19.8 Å². The summed E-state index contributed by atoms with van der Waals surface area (Å²) in [6.45, 7) is 1.96. The van der Waals surface area contributed by atoms with E-state index in [-0.39, 0.29) is 11.7 Å². The Morgan fingerprint density at radius 3 is 2.70 bits per heavy atom. The Morgan fingerprint density at radius 2 is 1.84 bits per heavy atom. The number of carbonyl (C=O) groups excluding carboxylic acids is 1. The molecule has 0 aliphatic rings. The van der Waals surface area contributed by atoms with Gasteiger partial charge in [-0.2, -0.15) is 5.10 Å². The number of amides is 1. The quantitative estimate of drug-likeness (QED) is 0.241. The van der Waals surface area contributed by atoms with Gasteiger partial charge in [-0.3, -0.25) is 14.9 Å². The Bertz CT molecular complexity index is 1770. The first-order valence-corrected chi connectivity index (χ1v) is 12.1. The number of halogens is 1. The average molecular weight is 491 g/mol. The third-order valence-electron chi connectivity index (χ3n) is 6.29. The second kappa shape index (κ2) is 9.31. The number of nitrogens with one attached hydrogen (secondary N) is 3. The number of H-pyrrole nitrogens is 2. The van der Waals surface area contributed by atoms with Gasteiger partial charge in [-0.05, 0) is 48.4 Å². The fraction of sp³-hybridized carbons (Fsp3) is 0.103. The number of aromatic amines is 2. The standard InChI is InChI=1S/C29H23FN6O/c1-2-6-27(37)32-18-13-17(15-31-16-18)23-11-12-25-28(34-23)29(36-35-25)26-14-21-19(8-5-10-24(21)33-26)20-7-3-4-9-22(20)30/h3-5,7-16,33H,2,6H2,1H3,(H,32,37)(H,35,36). The lowest BCUT2D eigenvalue weighted by Gasteiger charge is -2.06. The van der Waals surface area contributed by atoms with Gasteiger partial charge in [-0.15, -0.1) is 0 Å². The molecular formula is C29H23FN6O. The predicted octanol–water partition coefficient (Wildman–Crippen LogP) is 6.71. The van der Waals surface area contributed by atoms with Crippen LogP contribution in [0, 0.1) is 5.82 Å². The van der Waals surface area contributed by atoms with Gasteiger partial charge in [-0.1, -0.05) is 37.3 Å². The number of aromatic nitrogens is 5. The van der Waals surface area contributed by atoms with Gasteiger partial charge in [0.15, 0.2) is 0 Å². The molecule has 0 bridgehead atoms. The van der Waals surface area contributed by atoms with Gasteiger partial charge in [0.05, 0.1) is 28.8 Å². The van der Waals surface area contributed by atoms with Gasteiger partial charge in [0.2, 0.25) is 5.91 Å². The topological polar surface area (TPSA) is 99.4 Å². The Kier molecular flexibility index (Phi) is 5.69. The van der Waals surface area contributed by atoms with Crippen molar-refractivity contribution in [3.05, 3.63) is 84.9 Å². The van der Waals surface area contributed by atoms with E-state index in [1.54, 1.807) is 24.5 Å². The molecule has 0 aliphatic heterocycles. The van der Waals surface area contributed by atoms with Gasteiger partial charge in [0.1, 0.15) is 17.0 Å². The second-order valence-corrected chi connectivity index (χ2v) is 8.86. The van der Waals surface area contributed by atoms with E-state index in [0.29, 0.717) is 34.6 Å². The molecule has 0 aliphatic carbocycles. The van der Waals surface area contributed by atoms with Gasteiger partial charge in [-0.25, -0.2) is 9.37 Å². The lowest BCUT2D eigenvalue weighted by molar-refractivity contribution is -0.116. The molecule has 0 saturated carbocycles. The minimum atomic E-state index is -0.268. The van der Waals surface area contributed by atoms with Crippen LogP contribution < -0.4 is 5.32 Å². The number of hydrogen-bond acceptors (Lipinski definition) is 4. The second-order valence-electron chi connectivity index (χ2n) is 8.86. The minimum Gasteiger partial charge on any atom is -0.353 e. The molecule has 7 nitrogen and oxygen atoms in total. The lowest BCUT2D eigenvalue weighted by atomic mass is 10.0. The first-order valence-electron chi connectivity index (χ1n) is 12.1. The smallest absolute Gasteiger partial charge is 0.224 e. The molecule has 6 aromatic rings. The van der Waals surface area contributed by atoms with Gasteiger partial charge in [0.25, 0.3) is 0 Å². The number of anilines is 1. The van der Waals surface area contributed by atoms with Crippen molar-refractivity contribution in [1.29, 1.82) is 0 Å². The monoisotopic (exact) mass is 490 g/mol. The highest BCUT2D eigenvalue weighted by Gasteiger charge is 2.16. The number of nitrogens with zero attached hydrogens (tertiary/aromatic N) is 3. The molecule has 4 heterocycles. The zero-order chi connectivity index (χ0) is 25.4. The van der Waals surface area contributed by atoms with Crippen LogP contribution in [0.5, 0.6) is 0 Å². The zero-order valence-corrected chi connectivity index (χ0v) is 20.0.